The van der Waals surface area contributed by atoms with Gasteiger partial charge in [-0.1, -0.05) is 13.8 Å². The van der Waals surface area contributed by atoms with Crippen molar-refractivity contribution in [3.05, 3.63) is 56.3 Å². The molecule has 0 unspecified atom stereocenters. The van der Waals surface area contributed by atoms with E-state index in [1.807, 2.05) is 19.9 Å². The Labute approximate surface area is 142 Å². The van der Waals surface area contributed by atoms with Gasteiger partial charge in [-0.05, 0) is 85.0 Å². The molecule has 0 radical (unpaired) electrons. The Morgan fingerprint density at radius 2 is 1.83 bits per heavy atom. The second-order valence-corrected chi connectivity index (χ2v) is 7.42. The van der Waals surface area contributed by atoms with Gasteiger partial charge in [0.25, 0.3) is 0 Å². The summed E-state index contributed by atoms with van der Waals surface area (Å²) in [5.41, 5.74) is 4.71. The van der Waals surface area contributed by atoms with Crippen LogP contribution in [0.15, 0.2) is 23.6 Å². The van der Waals surface area contributed by atoms with Crippen LogP contribution in [0.3, 0.4) is 0 Å². The molecule has 0 bridgehead atoms. The largest absolute Gasteiger partial charge is 0.507 e. The van der Waals surface area contributed by atoms with E-state index in [4.69, 9.17) is 0 Å². The Bertz CT molecular complexity index is 728. The molecular weight excluding hydrogens is 304 g/mol. The Morgan fingerprint density at radius 1 is 1.22 bits per heavy atom. The van der Waals surface area contributed by atoms with E-state index in [9.17, 15) is 9.90 Å². The zero-order chi connectivity index (χ0) is 17.1. The van der Waals surface area contributed by atoms with E-state index in [1.165, 1.54) is 11.1 Å². The third-order valence-electron chi connectivity index (χ3n) is 3.97. The SMILES string of the molecule is Cc1cc(C(=O)C=Cc2scc(CC(C)C)c2C)cc(C)c1O. The molecule has 0 aliphatic rings. The van der Waals surface area contributed by atoms with Gasteiger partial charge in [0.1, 0.15) is 5.75 Å². The van der Waals surface area contributed by atoms with Crippen molar-refractivity contribution < 1.29 is 9.90 Å². The minimum atomic E-state index is -0.0330. The van der Waals surface area contributed by atoms with Crippen LogP contribution < -0.4 is 0 Å². The van der Waals surface area contributed by atoms with E-state index in [0.717, 1.165) is 22.4 Å². The van der Waals surface area contributed by atoms with Crippen molar-refractivity contribution in [1.82, 2.24) is 0 Å². The van der Waals surface area contributed by atoms with Gasteiger partial charge >= 0.3 is 0 Å². The van der Waals surface area contributed by atoms with Crippen LogP contribution in [0.5, 0.6) is 5.75 Å². The molecule has 0 atom stereocenters. The summed E-state index contributed by atoms with van der Waals surface area (Å²) in [5.74, 6) is 0.858. The van der Waals surface area contributed by atoms with Crippen molar-refractivity contribution in [3.63, 3.8) is 0 Å². The third kappa shape index (κ3) is 4.11. The van der Waals surface area contributed by atoms with E-state index in [-0.39, 0.29) is 11.5 Å². The lowest BCUT2D eigenvalue weighted by molar-refractivity contribution is 0.104. The number of hydrogen-bond acceptors (Lipinski definition) is 3. The molecule has 0 saturated carbocycles. The number of aromatic hydroxyl groups is 1. The lowest BCUT2D eigenvalue weighted by atomic mass is 10.0. The first kappa shape index (κ1) is 17.5. The van der Waals surface area contributed by atoms with E-state index in [2.05, 4.69) is 26.2 Å². The fraction of sp³-hybridized carbons (Fsp3) is 0.350. The van der Waals surface area contributed by atoms with Crippen LogP contribution in [0.4, 0.5) is 0 Å². The van der Waals surface area contributed by atoms with Gasteiger partial charge in [0, 0.05) is 10.4 Å². The molecule has 0 saturated heterocycles. The van der Waals surface area contributed by atoms with Gasteiger partial charge in [-0.3, -0.25) is 4.79 Å². The van der Waals surface area contributed by atoms with Gasteiger partial charge in [0.05, 0.1) is 0 Å². The first-order chi connectivity index (χ1) is 10.8. The van der Waals surface area contributed by atoms with Crippen LogP contribution in [0.2, 0.25) is 0 Å². The smallest absolute Gasteiger partial charge is 0.185 e. The summed E-state index contributed by atoms with van der Waals surface area (Å²) in [4.78, 5) is 13.5. The van der Waals surface area contributed by atoms with Gasteiger partial charge in [-0.25, -0.2) is 0 Å². The van der Waals surface area contributed by atoms with Crippen LogP contribution in [-0.4, -0.2) is 10.9 Å². The average molecular weight is 328 g/mol. The number of carbonyl (C=O) groups is 1. The zero-order valence-electron chi connectivity index (χ0n) is 14.4. The highest BCUT2D eigenvalue weighted by atomic mass is 32.1. The summed E-state index contributed by atoms with van der Waals surface area (Å²) < 4.78 is 0. The van der Waals surface area contributed by atoms with Crippen LogP contribution in [0.25, 0.3) is 6.08 Å². The quantitative estimate of drug-likeness (QED) is 0.583. The molecule has 2 rings (SSSR count). The number of benzene rings is 1. The molecule has 1 heterocycles. The minimum Gasteiger partial charge on any atom is -0.507 e. The van der Waals surface area contributed by atoms with Crippen molar-refractivity contribution in [3.8, 4) is 5.75 Å². The molecule has 2 aromatic rings. The highest BCUT2D eigenvalue weighted by Crippen LogP contribution is 2.26. The predicted molar refractivity (Wildman–Crippen MR) is 98.5 cm³/mol. The molecule has 2 nitrogen and oxygen atoms in total. The second-order valence-electron chi connectivity index (χ2n) is 6.50. The van der Waals surface area contributed by atoms with E-state index in [0.29, 0.717) is 11.5 Å². The van der Waals surface area contributed by atoms with E-state index in [1.54, 1.807) is 29.5 Å². The van der Waals surface area contributed by atoms with Crippen LogP contribution in [-0.2, 0) is 6.42 Å². The normalized spacial score (nSPS) is 11.6. The third-order valence-corrected chi connectivity index (χ3v) is 5.07. The Balaban J connectivity index is 2.20. The zero-order valence-corrected chi connectivity index (χ0v) is 15.3. The summed E-state index contributed by atoms with van der Waals surface area (Å²) in [6.45, 7) is 10.2. The maximum atomic E-state index is 12.4. The van der Waals surface area contributed by atoms with Gasteiger partial charge in [0.2, 0.25) is 0 Å². The van der Waals surface area contributed by atoms with Gasteiger partial charge in [0.15, 0.2) is 5.78 Å². The molecule has 0 fully saturated rings. The van der Waals surface area contributed by atoms with Crippen LogP contribution in [0.1, 0.15) is 51.3 Å². The number of carbonyl (C=O) groups excluding carboxylic acids is 1. The van der Waals surface area contributed by atoms with Crippen molar-refractivity contribution in [2.24, 2.45) is 5.92 Å². The predicted octanol–water partition coefficient (Wildman–Crippen LogP) is 5.47. The van der Waals surface area contributed by atoms with E-state index < -0.39 is 0 Å². The molecule has 0 aliphatic carbocycles. The molecule has 0 amide bonds. The first-order valence-electron chi connectivity index (χ1n) is 7.89. The second kappa shape index (κ2) is 7.14. The average Bonchev–Trinajstić information content (AvgIpc) is 2.82. The summed E-state index contributed by atoms with van der Waals surface area (Å²) in [6, 6.07) is 3.47. The van der Waals surface area contributed by atoms with E-state index >= 15 is 0 Å². The van der Waals surface area contributed by atoms with Crippen molar-refractivity contribution in [2.45, 2.75) is 41.0 Å². The molecular formula is C20H24O2S. The fourth-order valence-electron chi connectivity index (χ4n) is 2.62. The minimum absolute atomic E-state index is 0.0330. The number of ketones is 1. The molecule has 3 heteroatoms. The first-order valence-corrected chi connectivity index (χ1v) is 8.77. The maximum Gasteiger partial charge on any atom is 0.185 e. The number of allylic oxidation sites excluding steroid dienone is 1. The molecule has 122 valence electrons. The van der Waals surface area contributed by atoms with Crippen LogP contribution in [0, 0.1) is 26.7 Å². The number of thiophene rings is 1. The number of phenolic OH excluding ortho intramolecular Hbond substituents is 1. The number of hydrogen-bond donors (Lipinski definition) is 1. The molecule has 0 aliphatic heterocycles. The molecule has 1 aromatic carbocycles. The van der Waals surface area contributed by atoms with Crippen molar-refractivity contribution >= 4 is 23.2 Å². The Kier molecular flexibility index (Phi) is 5.42. The lowest BCUT2D eigenvalue weighted by Gasteiger charge is -2.05. The highest BCUT2D eigenvalue weighted by Gasteiger charge is 2.10. The summed E-state index contributed by atoms with van der Waals surface area (Å²) >= 11 is 1.69. The number of phenols is 1. The Morgan fingerprint density at radius 3 is 2.39 bits per heavy atom. The standard InChI is InChI=1S/C20H24O2S/c1-12(2)8-17-11-23-19(15(17)5)7-6-18(21)16-9-13(3)20(22)14(4)10-16/h6-7,9-12,22H,8H2,1-5H3. The monoisotopic (exact) mass is 328 g/mol. The molecule has 23 heavy (non-hydrogen) atoms. The van der Waals surface area contributed by atoms with Gasteiger partial charge in [-0.2, -0.15) is 0 Å². The number of aryl methyl sites for hydroxylation is 2. The van der Waals surface area contributed by atoms with Crippen molar-refractivity contribution in [1.29, 1.82) is 0 Å². The lowest BCUT2D eigenvalue weighted by Crippen LogP contribution is -1.97. The molecule has 1 N–H and O–H groups in total. The highest BCUT2D eigenvalue weighted by molar-refractivity contribution is 7.11. The van der Waals surface area contributed by atoms with Gasteiger partial charge < -0.3 is 5.11 Å². The summed E-state index contributed by atoms with van der Waals surface area (Å²) in [6.07, 6.45) is 4.60. The maximum absolute atomic E-state index is 12.4. The Hall–Kier alpha value is -1.87. The van der Waals surface area contributed by atoms with Gasteiger partial charge in [-0.15, -0.1) is 11.3 Å². The number of rotatable bonds is 5. The van der Waals surface area contributed by atoms with Crippen molar-refractivity contribution in [2.75, 3.05) is 0 Å². The van der Waals surface area contributed by atoms with Crippen LogP contribution >= 0.6 is 11.3 Å². The molecule has 1 aromatic heterocycles. The molecule has 0 spiro atoms. The summed E-state index contributed by atoms with van der Waals surface area (Å²) in [5, 5.41) is 12.0. The topological polar surface area (TPSA) is 37.3 Å². The fourth-order valence-corrected chi connectivity index (χ4v) is 3.62. The summed E-state index contributed by atoms with van der Waals surface area (Å²) in [7, 11) is 0.